The molecule has 148 valence electrons. The van der Waals surface area contributed by atoms with Crippen molar-refractivity contribution in [3.63, 3.8) is 0 Å². The van der Waals surface area contributed by atoms with Crippen LogP contribution in [0.25, 0.3) is 0 Å². The molecule has 0 saturated heterocycles. The molecular weight excluding hydrogens is 378 g/mol. The van der Waals surface area contributed by atoms with Crippen LogP contribution >= 0.6 is 0 Å². The van der Waals surface area contributed by atoms with Gasteiger partial charge in [-0.2, -0.15) is 13.2 Å². The highest BCUT2D eigenvalue weighted by Crippen LogP contribution is 2.45. The minimum atomic E-state index is -5.04. The first-order valence-electron chi connectivity index (χ1n) is 8.65. The minimum Gasteiger partial charge on any atom is -0.341 e. The van der Waals surface area contributed by atoms with Crippen LogP contribution in [-0.4, -0.2) is 34.4 Å². The van der Waals surface area contributed by atoms with Gasteiger partial charge in [0.25, 0.3) is 0 Å². The van der Waals surface area contributed by atoms with Crippen LogP contribution < -0.4 is 5.32 Å². The van der Waals surface area contributed by atoms with Crippen molar-refractivity contribution in [3.8, 4) is 0 Å². The molecule has 1 fully saturated rings. The summed E-state index contributed by atoms with van der Waals surface area (Å²) in [6, 6.07) is 6.31. The monoisotopic (exact) mass is 395 g/mol. The Bertz CT molecular complexity index is 860. The maximum Gasteiger partial charge on any atom is 0.471 e. The van der Waals surface area contributed by atoms with Gasteiger partial charge in [-0.25, -0.2) is 14.4 Å². The quantitative estimate of drug-likeness (QED) is 0.603. The lowest BCUT2D eigenvalue weighted by molar-refractivity contribution is -0.173. The number of ketones is 1. The molecular formula is C19H17F4N3O2. The zero-order valence-electron chi connectivity index (χ0n) is 14.7. The fraction of sp³-hybridized carbons (Fsp3) is 0.368. The number of amides is 1. The van der Waals surface area contributed by atoms with E-state index < -0.39 is 24.4 Å². The third kappa shape index (κ3) is 4.35. The molecule has 3 rings (SSSR count). The number of benzene rings is 1. The Morgan fingerprint density at radius 3 is 2.18 bits per heavy atom. The van der Waals surface area contributed by atoms with Gasteiger partial charge in [-0.1, -0.05) is 18.6 Å². The molecule has 1 aromatic heterocycles. The van der Waals surface area contributed by atoms with Crippen molar-refractivity contribution in [3.05, 3.63) is 59.4 Å². The highest BCUT2D eigenvalue weighted by Gasteiger charge is 2.40. The van der Waals surface area contributed by atoms with Crippen molar-refractivity contribution in [1.82, 2.24) is 15.3 Å². The molecule has 28 heavy (non-hydrogen) atoms. The topological polar surface area (TPSA) is 72.0 Å². The van der Waals surface area contributed by atoms with E-state index in [1.807, 2.05) is 0 Å². The van der Waals surface area contributed by atoms with Crippen molar-refractivity contribution >= 4 is 11.7 Å². The zero-order valence-corrected chi connectivity index (χ0v) is 14.7. The van der Waals surface area contributed by atoms with Gasteiger partial charge in [-0.15, -0.1) is 0 Å². The molecule has 0 bridgehead atoms. The van der Waals surface area contributed by atoms with Gasteiger partial charge in [0.05, 0.1) is 12.1 Å². The van der Waals surface area contributed by atoms with Gasteiger partial charge < -0.3 is 5.32 Å². The zero-order chi connectivity index (χ0) is 20.4. The Labute approximate surface area is 158 Å². The smallest absolute Gasteiger partial charge is 0.341 e. The van der Waals surface area contributed by atoms with Crippen LogP contribution in [-0.2, 0) is 16.6 Å². The summed E-state index contributed by atoms with van der Waals surface area (Å²) in [6.45, 7) is -0.791. The third-order valence-corrected chi connectivity index (χ3v) is 4.96. The molecule has 0 atom stereocenters. The second kappa shape index (κ2) is 7.65. The Hall–Kier alpha value is -2.84. The fourth-order valence-electron chi connectivity index (χ4n) is 3.23. The number of alkyl halides is 3. The molecule has 1 N–H and O–H groups in total. The van der Waals surface area contributed by atoms with Crippen LogP contribution in [0.2, 0.25) is 0 Å². The van der Waals surface area contributed by atoms with E-state index in [1.54, 1.807) is 12.1 Å². The maximum absolute atomic E-state index is 13.2. The largest absolute Gasteiger partial charge is 0.471 e. The van der Waals surface area contributed by atoms with Gasteiger partial charge >= 0.3 is 12.1 Å². The molecule has 1 saturated carbocycles. The number of rotatable bonds is 6. The second-order valence-electron chi connectivity index (χ2n) is 6.81. The predicted molar refractivity (Wildman–Crippen MR) is 91.1 cm³/mol. The average molecular weight is 395 g/mol. The summed E-state index contributed by atoms with van der Waals surface area (Å²) in [5.74, 6) is -2.72. The number of hydrogen-bond donors (Lipinski definition) is 1. The molecule has 2 aromatic rings. The van der Waals surface area contributed by atoms with Gasteiger partial charge in [0.1, 0.15) is 11.6 Å². The molecule has 0 unspecified atom stereocenters. The van der Waals surface area contributed by atoms with Gasteiger partial charge in [0, 0.05) is 24.2 Å². The average Bonchev–Trinajstić information content (AvgIpc) is 2.63. The Morgan fingerprint density at radius 2 is 1.68 bits per heavy atom. The minimum absolute atomic E-state index is 0.00988. The fourth-order valence-corrected chi connectivity index (χ4v) is 3.23. The van der Waals surface area contributed by atoms with Crippen molar-refractivity contribution in [2.45, 2.75) is 37.3 Å². The number of carbonyl (C=O) groups is 2. The summed E-state index contributed by atoms with van der Waals surface area (Å²) in [7, 11) is 0. The van der Waals surface area contributed by atoms with Crippen LogP contribution in [0.1, 0.15) is 41.0 Å². The van der Waals surface area contributed by atoms with E-state index in [0.717, 1.165) is 24.8 Å². The van der Waals surface area contributed by atoms with E-state index in [1.165, 1.54) is 29.8 Å². The molecule has 0 spiro atoms. The number of aromatic nitrogens is 2. The molecule has 1 aliphatic rings. The standard InChI is InChI=1S/C19H17F4N3O2/c20-14-4-2-13(3-5-14)18(6-1-7-18)8-16-24-9-12(10-25-16)15(27)11-26-17(28)19(21,22)23/h2-5,9-10H,1,6-8,11H2,(H,26,28). The normalized spacial score (nSPS) is 15.6. The summed E-state index contributed by atoms with van der Waals surface area (Å²) in [5, 5.41) is 1.52. The number of nitrogens with zero attached hydrogens (tertiary/aromatic N) is 2. The maximum atomic E-state index is 13.2. The van der Waals surface area contributed by atoms with Crippen LogP contribution in [0, 0.1) is 5.82 Å². The molecule has 0 radical (unpaired) electrons. The molecule has 1 amide bonds. The van der Waals surface area contributed by atoms with Crippen LogP contribution in [0.15, 0.2) is 36.7 Å². The van der Waals surface area contributed by atoms with Gasteiger partial charge in [-0.3, -0.25) is 9.59 Å². The molecule has 1 aliphatic carbocycles. The highest BCUT2D eigenvalue weighted by atomic mass is 19.4. The van der Waals surface area contributed by atoms with Crippen molar-refractivity contribution < 1.29 is 27.2 Å². The lowest BCUT2D eigenvalue weighted by atomic mass is 9.62. The van der Waals surface area contributed by atoms with E-state index in [2.05, 4.69) is 9.97 Å². The van der Waals surface area contributed by atoms with Crippen LogP contribution in [0.5, 0.6) is 0 Å². The van der Waals surface area contributed by atoms with Crippen molar-refractivity contribution in [2.75, 3.05) is 6.54 Å². The van der Waals surface area contributed by atoms with Gasteiger partial charge in [-0.05, 0) is 30.5 Å². The molecule has 0 aliphatic heterocycles. The molecule has 9 heteroatoms. The Kier molecular flexibility index (Phi) is 5.44. The highest BCUT2D eigenvalue weighted by molar-refractivity contribution is 5.99. The first-order chi connectivity index (χ1) is 13.2. The van der Waals surface area contributed by atoms with E-state index in [0.29, 0.717) is 12.2 Å². The predicted octanol–water partition coefficient (Wildman–Crippen LogP) is 3.14. The number of halogens is 4. The summed E-state index contributed by atoms with van der Waals surface area (Å²) in [6.07, 6.45) is 0.796. The summed E-state index contributed by atoms with van der Waals surface area (Å²) in [4.78, 5) is 30.9. The lowest BCUT2D eigenvalue weighted by Crippen LogP contribution is -2.39. The summed E-state index contributed by atoms with van der Waals surface area (Å²) >= 11 is 0. The SMILES string of the molecule is O=C(CNC(=O)C(F)(F)F)c1cnc(CC2(c3ccc(F)cc3)CCC2)nc1. The molecule has 1 aromatic carbocycles. The molecule has 1 heterocycles. The third-order valence-electron chi connectivity index (χ3n) is 4.96. The van der Waals surface area contributed by atoms with E-state index in [4.69, 9.17) is 0 Å². The molecule has 5 nitrogen and oxygen atoms in total. The second-order valence-corrected chi connectivity index (χ2v) is 6.81. The van der Waals surface area contributed by atoms with Gasteiger partial charge in [0.2, 0.25) is 0 Å². The summed E-state index contributed by atoms with van der Waals surface area (Å²) in [5.41, 5.74) is 0.828. The van der Waals surface area contributed by atoms with E-state index in [-0.39, 0.29) is 16.8 Å². The van der Waals surface area contributed by atoms with Crippen LogP contribution in [0.4, 0.5) is 17.6 Å². The number of carbonyl (C=O) groups excluding carboxylic acids is 2. The van der Waals surface area contributed by atoms with Gasteiger partial charge in [0.15, 0.2) is 5.78 Å². The Morgan fingerprint density at radius 1 is 1.07 bits per heavy atom. The van der Waals surface area contributed by atoms with E-state index in [9.17, 15) is 27.2 Å². The first kappa shape index (κ1) is 19.9. The van der Waals surface area contributed by atoms with Crippen LogP contribution in [0.3, 0.4) is 0 Å². The van der Waals surface area contributed by atoms with Crippen molar-refractivity contribution in [2.24, 2.45) is 0 Å². The van der Waals surface area contributed by atoms with E-state index >= 15 is 0 Å². The number of nitrogens with one attached hydrogen (secondary N) is 1. The lowest BCUT2D eigenvalue weighted by Gasteiger charge is -2.42. The summed E-state index contributed by atoms with van der Waals surface area (Å²) < 4.78 is 49.6. The van der Waals surface area contributed by atoms with Crippen molar-refractivity contribution in [1.29, 1.82) is 0 Å². The number of Topliss-reactive ketones (excluding diaryl/α,β-unsaturated/α-hetero) is 1. The number of hydrogen-bond acceptors (Lipinski definition) is 4. The Balaban J connectivity index is 1.65. The first-order valence-corrected chi connectivity index (χ1v) is 8.65.